The highest BCUT2D eigenvalue weighted by atomic mass is 32.2. The molecule has 0 aliphatic heterocycles. The van der Waals surface area contributed by atoms with Gasteiger partial charge in [0, 0.05) is 5.71 Å². The zero-order valence-corrected chi connectivity index (χ0v) is 15.0. The third kappa shape index (κ3) is 4.70. The minimum atomic E-state index is -3.66. The second kappa shape index (κ2) is 7.65. The second-order valence-electron chi connectivity index (χ2n) is 5.87. The Morgan fingerprint density at radius 2 is 2.00 bits per heavy atom. The van der Waals surface area contributed by atoms with E-state index >= 15 is 0 Å². The number of aryl methyl sites for hydroxylation is 1. The van der Waals surface area contributed by atoms with Crippen molar-refractivity contribution in [3.63, 3.8) is 0 Å². The van der Waals surface area contributed by atoms with Crippen LogP contribution in [0.25, 0.3) is 0 Å². The number of anilines is 1. The van der Waals surface area contributed by atoms with Crippen molar-refractivity contribution in [3.8, 4) is 5.75 Å². The lowest BCUT2D eigenvalue weighted by atomic mass is 10.2. The van der Waals surface area contributed by atoms with Crippen LogP contribution in [0, 0.1) is 6.92 Å². The van der Waals surface area contributed by atoms with Gasteiger partial charge in [0.25, 0.3) is 5.91 Å². The lowest BCUT2D eigenvalue weighted by Crippen LogP contribution is -2.39. The van der Waals surface area contributed by atoms with E-state index in [1.807, 2.05) is 13.0 Å². The van der Waals surface area contributed by atoms with E-state index in [1.54, 1.807) is 12.1 Å². The van der Waals surface area contributed by atoms with Gasteiger partial charge in [-0.1, -0.05) is 6.07 Å². The van der Waals surface area contributed by atoms with Crippen LogP contribution in [-0.4, -0.2) is 39.9 Å². The Kier molecular flexibility index (Phi) is 5.82. The van der Waals surface area contributed by atoms with Crippen molar-refractivity contribution in [2.24, 2.45) is 5.10 Å². The van der Waals surface area contributed by atoms with Crippen LogP contribution >= 0.6 is 0 Å². The molecule has 1 aliphatic carbocycles. The summed E-state index contributed by atoms with van der Waals surface area (Å²) in [6.07, 6.45) is 4.96. The quantitative estimate of drug-likeness (QED) is 0.790. The highest BCUT2D eigenvalue weighted by Crippen LogP contribution is 2.30. The van der Waals surface area contributed by atoms with Crippen molar-refractivity contribution >= 4 is 27.3 Å². The fourth-order valence-corrected chi connectivity index (χ4v) is 3.43. The standard InChI is InChI=1S/C16H23N3O4S/c1-12-8-9-15(23-2)14(10-12)19(24(3,21)22)11-16(20)18-17-13-6-4-5-7-13/h8-10H,4-7,11H2,1-3H3,(H,18,20). The predicted molar refractivity (Wildman–Crippen MR) is 94.0 cm³/mol. The van der Waals surface area contributed by atoms with E-state index in [1.165, 1.54) is 7.11 Å². The summed E-state index contributed by atoms with van der Waals surface area (Å²) >= 11 is 0. The Morgan fingerprint density at radius 1 is 1.33 bits per heavy atom. The molecule has 0 heterocycles. The van der Waals surface area contributed by atoms with Gasteiger partial charge >= 0.3 is 0 Å². The Balaban J connectivity index is 2.22. The fraction of sp³-hybridized carbons (Fsp3) is 0.500. The molecule has 1 aliphatic rings. The third-order valence-electron chi connectivity index (χ3n) is 3.81. The minimum absolute atomic E-state index is 0.337. The van der Waals surface area contributed by atoms with Crippen LogP contribution in [0.2, 0.25) is 0 Å². The van der Waals surface area contributed by atoms with E-state index in [4.69, 9.17) is 4.74 Å². The zero-order chi connectivity index (χ0) is 17.7. The van der Waals surface area contributed by atoms with Crippen LogP contribution in [0.15, 0.2) is 23.3 Å². The zero-order valence-electron chi connectivity index (χ0n) is 14.2. The number of nitrogens with zero attached hydrogens (tertiary/aromatic N) is 2. The van der Waals surface area contributed by atoms with Crippen LogP contribution in [0.1, 0.15) is 31.2 Å². The van der Waals surface area contributed by atoms with Crippen molar-refractivity contribution in [2.45, 2.75) is 32.6 Å². The van der Waals surface area contributed by atoms with E-state index < -0.39 is 15.9 Å². The van der Waals surface area contributed by atoms with E-state index in [0.29, 0.717) is 11.4 Å². The number of sulfonamides is 1. The van der Waals surface area contributed by atoms with E-state index in [9.17, 15) is 13.2 Å². The molecule has 24 heavy (non-hydrogen) atoms. The van der Waals surface area contributed by atoms with Crippen LogP contribution in [0.4, 0.5) is 5.69 Å². The summed E-state index contributed by atoms with van der Waals surface area (Å²) in [6, 6.07) is 5.17. The molecule has 1 N–H and O–H groups in total. The summed E-state index contributed by atoms with van der Waals surface area (Å²) in [5.41, 5.74) is 4.60. The second-order valence-corrected chi connectivity index (χ2v) is 7.77. The van der Waals surface area contributed by atoms with Gasteiger partial charge in [-0.3, -0.25) is 9.10 Å². The molecule has 0 unspecified atom stereocenters. The maximum Gasteiger partial charge on any atom is 0.260 e. The van der Waals surface area contributed by atoms with Gasteiger partial charge in [-0.25, -0.2) is 13.8 Å². The average Bonchev–Trinajstić information content (AvgIpc) is 3.03. The van der Waals surface area contributed by atoms with Gasteiger partial charge in [0.15, 0.2) is 0 Å². The predicted octanol–water partition coefficient (Wildman–Crippen LogP) is 1.82. The summed E-state index contributed by atoms with van der Waals surface area (Å²) in [4.78, 5) is 12.1. The lowest BCUT2D eigenvalue weighted by molar-refractivity contribution is -0.119. The number of carbonyl (C=O) groups is 1. The first-order valence-corrected chi connectivity index (χ1v) is 9.62. The molecule has 1 amide bonds. The van der Waals surface area contributed by atoms with Crippen LogP contribution in [-0.2, 0) is 14.8 Å². The molecule has 1 aromatic rings. The molecule has 0 aromatic heterocycles. The Bertz CT molecular complexity index is 736. The maximum atomic E-state index is 12.2. The molecule has 1 aromatic carbocycles. The Morgan fingerprint density at radius 3 is 2.58 bits per heavy atom. The normalized spacial score (nSPS) is 14.4. The van der Waals surface area contributed by atoms with Crippen LogP contribution in [0.3, 0.4) is 0 Å². The molecule has 0 radical (unpaired) electrons. The van der Waals surface area contributed by atoms with Crippen LogP contribution in [0.5, 0.6) is 5.75 Å². The number of hydrogen-bond donors (Lipinski definition) is 1. The van der Waals surface area contributed by atoms with E-state index in [-0.39, 0.29) is 6.54 Å². The van der Waals surface area contributed by atoms with Crippen molar-refractivity contribution < 1.29 is 17.9 Å². The molecule has 1 saturated carbocycles. The summed E-state index contributed by atoms with van der Waals surface area (Å²) in [5.74, 6) is -0.0932. The molecule has 8 heteroatoms. The van der Waals surface area contributed by atoms with Crippen molar-refractivity contribution in [3.05, 3.63) is 23.8 Å². The molecule has 0 saturated heterocycles. The largest absolute Gasteiger partial charge is 0.495 e. The smallest absolute Gasteiger partial charge is 0.260 e. The number of amides is 1. The van der Waals surface area contributed by atoms with Crippen molar-refractivity contribution in [1.29, 1.82) is 0 Å². The first-order chi connectivity index (χ1) is 11.3. The molecule has 0 atom stereocenters. The fourth-order valence-electron chi connectivity index (χ4n) is 2.58. The topological polar surface area (TPSA) is 88.1 Å². The third-order valence-corrected chi connectivity index (χ3v) is 4.94. The lowest BCUT2D eigenvalue weighted by Gasteiger charge is -2.23. The molecule has 0 spiro atoms. The number of hydrogen-bond acceptors (Lipinski definition) is 5. The first-order valence-electron chi connectivity index (χ1n) is 7.78. The van der Waals surface area contributed by atoms with Gasteiger partial charge in [-0.2, -0.15) is 5.10 Å². The SMILES string of the molecule is COc1ccc(C)cc1N(CC(=O)NN=C1CCCC1)S(C)(=O)=O. The van der Waals surface area contributed by atoms with Gasteiger partial charge in [0.2, 0.25) is 10.0 Å². The molecular weight excluding hydrogens is 330 g/mol. The summed E-state index contributed by atoms with van der Waals surface area (Å²) in [7, 11) is -2.20. The number of methoxy groups -OCH3 is 1. The molecule has 1 fully saturated rings. The van der Waals surface area contributed by atoms with Crippen molar-refractivity contribution in [1.82, 2.24) is 5.43 Å². The highest BCUT2D eigenvalue weighted by molar-refractivity contribution is 7.92. The van der Waals surface area contributed by atoms with Gasteiger partial charge in [-0.05, 0) is 50.3 Å². The number of ether oxygens (including phenoxy) is 1. The number of benzene rings is 1. The average molecular weight is 353 g/mol. The highest BCUT2D eigenvalue weighted by Gasteiger charge is 2.24. The number of rotatable bonds is 6. The minimum Gasteiger partial charge on any atom is -0.495 e. The van der Waals surface area contributed by atoms with Crippen molar-refractivity contribution in [2.75, 3.05) is 24.2 Å². The maximum absolute atomic E-state index is 12.2. The van der Waals surface area contributed by atoms with E-state index in [0.717, 1.165) is 47.5 Å². The van der Waals surface area contributed by atoms with E-state index in [2.05, 4.69) is 10.5 Å². The van der Waals surface area contributed by atoms with Gasteiger partial charge in [-0.15, -0.1) is 0 Å². The van der Waals surface area contributed by atoms with Gasteiger partial charge in [0.05, 0.1) is 19.1 Å². The Hall–Kier alpha value is -2.09. The monoisotopic (exact) mass is 353 g/mol. The van der Waals surface area contributed by atoms with Gasteiger partial charge in [0.1, 0.15) is 12.3 Å². The number of carbonyl (C=O) groups excluding carboxylic acids is 1. The van der Waals surface area contributed by atoms with Crippen LogP contribution < -0.4 is 14.5 Å². The Labute approximate surface area is 142 Å². The molecule has 2 rings (SSSR count). The molecule has 132 valence electrons. The summed E-state index contributed by atoms with van der Waals surface area (Å²) in [6.45, 7) is 1.49. The summed E-state index contributed by atoms with van der Waals surface area (Å²) < 4.78 is 30.6. The summed E-state index contributed by atoms with van der Waals surface area (Å²) in [5, 5.41) is 4.08. The molecule has 0 bridgehead atoms. The first kappa shape index (κ1) is 18.3. The number of nitrogens with one attached hydrogen (secondary N) is 1. The number of hydrazone groups is 1. The van der Waals surface area contributed by atoms with Gasteiger partial charge < -0.3 is 4.74 Å². The molecule has 7 nitrogen and oxygen atoms in total. The molecular formula is C16H23N3O4S.